The summed E-state index contributed by atoms with van der Waals surface area (Å²) in [5.41, 5.74) is 1.28. The van der Waals surface area contributed by atoms with Gasteiger partial charge < -0.3 is 19.3 Å². The predicted octanol–water partition coefficient (Wildman–Crippen LogP) is 2.47. The second kappa shape index (κ2) is 6.13. The van der Waals surface area contributed by atoms with Crippen LogP contribution in [0.2, 0.25) is 0 Å². The van der Waals surface area contributed by atoms with Crippen molar-refractivity contribution in [3.05, 3.63) is 36.0 Å². The van der Waals surface area contributed by atoms with Crippen LogP contribution in [-0.2, 0) is 0 Å². The van der Waals surface area contributed by atoms with Gasteiger partial charge in [0.1, 0.15) is 17.1 Å². The number of nitrogens with zero attached hydrogens (tertiary/aromatic N) is 1. The van der Waals surface area contributed by atoms with Crippen molar-refractivity contribution in [3.63, 3.8) is 0 Å². The molecule has 21 heavy (non-hydrogen) atoms. The second-order valence-corrected chi connectivity index (χ2v) is 4.15. The summed E-state index contributed by atoms with van der Waals surface area (Å²) in [6, 6.07) is 6.76. The lowest BCUT2D eigenvalue weighted by molar-refractivity contribution is 0.0692. The molecule has 0 saturated heterocycles. The van der Waals surface area contributed by atoms with Gasteiger partial charge in [-0.15, -0.1) is 0 Å². The highest BCUT2D eigenvalue weighted by atomic mass is 16.5. The lowest BCUT2D eigenvalue weighted by atomic mass is 10.0. The van der Waals surface area contributed by atoms with Gasteiger partial charge in [-0.25, -0.2) is 9.78 Å². The first kappa shape index (κ1) is 14.6. The molecule has 2 rings (SSSR count). The quantitative estimate of drug-likeness (QED) is 0.911. The fourth-order valence-electron chi connectivity index (χ4n) is 1.96. The van der Waals surface area contributed by atoms with Crippen LogP contribution in [0.3, 0.4) is 0 Å². The van der Waals surface area contributed by atoms with Gasteiger partial charge in [-0.2, -0.15) is 0 Å². The Labute approximate surface area is 121 Å². The van der Waals surface area contributed by atoms with E-state index in [1.54, 1.807) is 32.4 Å². The number of methoxy groups -OCH3 is 3. The minimum atomic E-state index is -1.11. The van der Waals surface area contributed by atoms with Crippen LogP contribution in [0.15, 0.2) is 30.5 Å². The summed E-state index contributed by atoms with van der Waals surface area (Å²) in [4.78, 5) is 15.3. The maximum atomic E-state index is 11.3. The van der Waals surface area contributed by atoms with Crippen LogP contribution in [0.4, 0.5) is 0 Å². The maximum absolute atomic E-state index is 11.3. The van der Waals surface area contributed by atoms with Gasteiger partial charge in [-0.1, -0.05) is 0 Å². The number of rotatable bonds is 5. The van der Waals surface area contributed by atoms with E-state index < -0.39 is 5.97 Å². The molecule has 0 atom stereocenters. The van der Waals surface area contributed by atoms with Gasteiger partial charge in [0.15, 0.2) is 0 Å². The van der Waals surface area contributed by atoms with Crippen molar-refractivity contribution in [2.24, 2.45) is 0 Å². The molecule has 110 valence electrons. The van der Waals surface area contributed by atoms with Crippen molar-refractivity contribution in [3.8, 4) is 28.5 Å². The smallest absolute Gasteiger partial charge is 0.341 e. The van der Waals surface area contributed by atoms with E-state index in [-0.39, 0.29) is 11.4 Å². The Morgan fingerprint density at radius 2 is 1.86 bits per heavy atom. The van der Waals surface area contributed by atoms with Gasteiger partial charge in [-0.05, 0) is 24.3 Å². The highest BCUT2D eigenvalue weighted by Gasteiger charge is 2.16. The highest BCUT2D eigenvalue weighted by Crippen LogP contribution is 2.34. The summed E-state index contributed by atoms with van der Waals surface area (Å²) in [7, 11) is 4.47. The van der Waals surface area contributed by atoms with Crippen molar-refractivity contribution in [2.75, 3.05) is 21.3 Å². The number of pyridine rings is 1. The Hall–Kier alpha value is -2.76. The molecule has 2 aromatic rings. The van der Waals surface area contributed by atoms with E-state index in [1.165, 1.54) is 19.4 Å². The summed E-state index contributed by atoms with van der Waals surface area (Å²) in [6.07, 6.45) is 1.53. The highest BCUT2D eigenvalue weighted by molar-refractivity contribution is 5.92. The molecule has 6 heteroatoms. The number of carboxylic acid groups (broad SMARTS) is 1. The average molecular weight is 289 g/mol. The molecule has 1 heterocycles. The molecule has 0 saturated carbocycles. The van der Waals surface area contributed by atoms with Crippen molar-refractivity contribution >= 4 is 5.97 Å². The first-order chi connectivity index (χ1) is 10.1. The predicted molar refractivity (Wildman–Crippen MR) is 76.3 cm³/mol. The third-order valence-corrected chi connectivity index (χ3v) is 2.99. The average Bonchev–Trinajstić information content (AvgIpc) is 2.53. The van der Waals surface area contributed by atoms with E-state index in [0.29, 0.717) is 22.6 Å². The van der Waals surface area contributed by atoms with Gasteiger partial charge in [0.25, 0.3) is 0 Å². The van der Waals surface area contributed by atoms with Crippen molar-refractivity contribution < 1.29 is 24.1 Å². The van der Waals surface area contributed by atoms with Crippen LogP contribution in [0, 0.1) is 0 Å². The van der Waals surface area contributed by atoms with Crippen LogP contribution in [0.5, 0.6) is 17.4 Å². The molecule has 0 aliphatic rings. The van der Waals surface area contributed by atoms with E-state index in [9.17, 15) is 9.90 Å². The number of aromatic nitrogens is 1. The molecule has 0 aliphatic heterocycles. The lowest BCUT2D eigenvalue weighted by Gasteiger charge is -2.12. The van der Waals surface area contributed by atoms with E-state index in [1.807, 2.05) is 0 Å². The number of benzene rings is 1. The number of carbonyl (C=O) groups is 1. The van der Waals surface area contributed by atoms with Crippen molar-refractivity contribution in [2.45, 2.75) is 0 Å². The van der Waals surface area contributed by atoms with Crippen LogP contribution >= 0.6 is 0 Å². The summed E-state index contributed by atoms with van der Waals surface area (Å²) in [5.74, 6) is 0.189. The Balaban J connectivity index is 2.61. The summed E-state index contributed by atoms with van der Waals surface area (Å²) in [5, 5.41) is 9.22. The van der Waals surface area contributed by atoms with Gasteiger partial charge >= 0.3 is 5.97 Å². The molecule has 0 spiro atoms. The SMILES string of the molecule is COc1ccc(OC)c(-c2cnc(OC)c(C(=O)O)c2)c1. The molecule has 1 aromatic heterocycles. The van der Waals surface area contributed by atoms with Gasteiger partial charge in [-0.3, -0.25) is 0 Å². The van der Waals surface area contributed by atoms with Gasteiger partial charge in [0.2, 0.25) is 5.88 Å². The van der Waals surface area contributed by atoms with Crippen molar-refractivity contribution in [1.29, 1.82) is 0 Å². The Kier molecular flexibility index (Phi) is 4.27. The maximum Gasteiger partial charge on any atom is 0.341 e. The number of hydrogen-bond acceptors (Lipinski definition) is 5. The third-order valence-electron chi connectivity index (χ3n) is 2.99. The number of hydrogen-bond donors (Lipinski definition) is 1. The third kappa shape index (κ3) is 2.89. The molecular formula is C15H15NO5. The first-order valence-corrected chi connectivity index (χ1v) is 6.10. The molecule has 1 aromatic carbocycles. The number of ether oxygens (including phenoxy) is 3. The van der Waals surface area contributed by atoms with Crippen LogP contribution in [-0.4, -0.2) is 37.4 Å². The zero-order valence-electron chi connectivity index (χ0n) is 11.9. The molecular weight excluding hydrogens is 274 g/mol. The van der Waals surface area contributed by atoms with Crippen LogP contribution in [0.1, 0.15) is 10.4 Å². The Morgan fingerprint density at radius 3 is 2.43 bits per heavy atom. The van der Waals surface area contributed by atoms with E-state index in [0.717, 1.165) is 0 Å². The molecule has 1 N–H and O–H groups in total. The van der Waals surface area contributed by atoms with Crippen LogP contribution < -0.4 is 14.2 Å². The van der Waals surface area contributed by atoms with E-state index in [4.69, 9.17) is 14.2 Å². The van der Waals surface area contributed by atoms with Crippen LogP contribution in [0.25, 0.3) is 11.1 Å². The summed E-state index contributed by atoms with van der Waals surface area (Å²) < 4.78 is 15.4. The van der Waals surface area contributed by atoms with Gasteiger partial charge in [0.05, 0.1) is 21.3 Å². The molecule has 0 aliphatic carbocycles. The minimum absolute atomic E-state index is 0.0140. The largest absolute Gasteiger partial charge is 0.497 e. The topological polar surface area (TPSA) is 77.9 Å². The summed E-state index contributed by atoms with van der Waals surface area (Å²) >= 11 is 0. The molecule has 0 amide bonds. The van der Waals surface area contributed by atoms with E-state index in [2.05, 4.69) is 4.98 Å². The van der Waals surface area contributed by atoms with Gasteiger partial charge in [0, 0.05) is 17.3 Å². The number of aromatic carboxylic acids is 1. The summed E-state index contributed by atoms with van der Waals surface area (Å²) in [6.45, 7) is 0. The molecule has 0 radical (unpaired) electrons. The monoisotopic (exact) mass is 289 g/mol. The molecule has 0 unspecified atom stereocenters. The van der Waals surface area contributed by atoms with E-state index >= 15 is 0 Å². The normalized spacial score (nSPS) is 10.0. The standard InChI is InChI=1S/C15H15NO5/c1-19-10-4-5-13(20-2)11(7-10)9-6-12(15(17)18)14(21-3)16-8-9/h4-8H,1-3H3,(H,17,18). The first-order valence-electron chi connectivity index (χ1n) is 6.10. The lowest BCUT2D eigenvalue weighted by Crippen LogP contribution is -2.03. The molecule has 0 bridgehead atoms. The zero-order chi connectivity index (χ0) is 15.4. The second-order valence-electron chi connectivity index (χ2n) is 4.15. The number of carboxylic acids is 1. The zero-order valence-corrected chi connectivity index (χ0v) is 11.9. The molecule has 6 nitrogen and oxygen atoms in total. The van der Waals surface area contributed by atoms with Crippen molar-refractivity contribution in [1.82, 2.24) is 4.98 Å². The Bertz CT molecular complexity index is 669. The fraction of sp³-hybridized carbons (Fsp3) is 0.200. The Morgan fingerprint density at radius 1 is 1.10 bits per heavy atom. The minimum Gasteiger partial charge on any atom is -0.497 e. The fourth-order valence-corrected chi connectivity index (χ4v) is 1.96. The molecule has 0 fully saturated rings.